The van der Waals surface area contributed by atoms with Gasteiger partial charge in [-0.2, -0.15) is 0 Å². The normalized spacial score (nSPS) is 12.8. The Balaban J connectivity index is 2.42. The molecule has 1 aromatic carbocycles. The van der Waals surface area contributed by atoms with E-state index in [-0.39, 0.29) is 11.9 Å². The maximum absolute atomic E-state index is 13.7. The summed E-state index contributed by atoms with van der Waals surface area (Å²) in [5, 5.41) is 9.17. The average molecular weight is 237 g/mol. The minimum absolute atomic E-state index is 0.167. The first-order valence-corrected chi connectivity index (χ1v) is 5.75. The van der Waals surface area contributed by atoms with Crippen molar-refractivity contribution in [2.45, 2.75) is 19.9 Å². The molecule has 1 heterocycles. The first-order chi connectivity index (χ1) is 7.58. The molecule has 0 aliphatic rings. The lowest BCUT2D eigenvalue weighted by molar-refractivity contribution is 0.629. The topological polar surface area (TPSA) is 51.8 Å². The Kier molecular flexibility index (Phi) is 2.98. The molecule has 0 spiro atoms. The number of halogens is 1. The SMILES string of the molecule is Cc1ccc(-c2nnc(C(C)N)s2)c(F)c1. The van der Waals surface area contributed by atoms with Gasteiger partial charge in [-0.25, -0.2) is 4.39 Å². The van der Waals surface area contributed by atoms with E-state index in [2.05, 4.69) is 10.2 Å². The summed E-state index contributed by atoms with van der Waals surface area (Å²) >= 11 is 1.33. The lowest BCUT2D eigenvalue weighted by atomic mass is 10.1. The van der Waals surface area contributed by atoms with Crippen LogP contribution in [0.2, 0.25) is 0 Å². The van der Waals surface area contributed by atoms with Gasteiger partial charge in [0.2, 0.25) is 0 Å². The highest BCUT2D eigenvalue weighted by Crippen LogP contribution is 2.28. The van der Waals surface area contributed by atoms with E-state index in [4.69, 9.17) is 5.73 Å². The summed E-state index contributed by atoms with van der Waals surface area (Å²) in [7, 11) is 0. The fraction of sp³-hybridized carbons (Fsp3) is 0.273. The predicted octanol–water partition coefficient (Wildman–Crippen LogP) is 2.67. The predicted molar refractivity (Wildman–Crippen MR) is 62.6 cm³/mol. The molecule has 0 saturated carbocycles. The summed E-state index contributed by atoms with van der Waals surface area (Å²) in [4.78, 5) is 0. The minimum Gasteiger partial charge on any atom is -0.322 e. The Hall–Kier alpha value is -1.33. The van der Waals surface area contributed by atoms with E-state index in [1.165, 1.54) is 17.4 Å². The summed E-state index contributed by atoms with van der Waals surface area (Å²) in [6.45, 7) is 3.68. The maximum atomic E-state index is 13.7. The van der Waals surface area contributed by atoms with Crippen LogP contribution in [0.3, 0.4) is 0 Å². The van der Waals surface area contributed by atoms with Gasteiger partial charge in [-0.05, 0) is 31.5 Å². The molecule has 0 fully saturated rings. The highest BCUT2D eigenvalue weighted by molar-refractivity contribution is 7.14. The molecule has 0 bridgehead atoms. The first-order valence-electron chi connectivity index (χ1n) is 4.93. The van der Waals surface area contributed by atoms with Crippen molar-refractivity contribution in [3.63, 3.8) is 0 Å². The van der Waals surface area contributed by atoms with Gasteiger partial charge in [-0.15, -0.1) is 10.2 Å². The third-order valence-electron chi connectivity index (χ3n) is 2.19. The van der Waals surface area contributed by atoms with E-state index in [1.807, 2.05) is 19.9 Å². The number of nitrogens with zero attached hydrogens (tertiary/aromatic N) is 2. The summed E-state index contributed by atoms with van der Waals surface area (Å²) in [5.41, 5.74) is 7.05. The van der Waals surface area contributed by atoms with E-state index in [0.29, 0.717) is 10.6 Å². The molecule has 16 heavy (non-hydrogen) atoms. The Morgan fingerprint density at radius 2 is 2.12 bits per heavy atom. The molecule has 3 nitrogen and oxygen atoms in total. The molecular weight excluding hydrogens is 225 g/mol. The van der Waals surface area contributed by atoms with E-state index in [1.54, 1.807) is 6.07 Å². The lowest BCUT2D eigenvalue weighted by Gasteiger charge is -1.99. The summed E-state index contributed by atoms with van der Waals surface area (Å²) in [5.74, 6) is -0.271. The van der Waals surface area contributed by atoms with Crippen molar-refractivity contribution in [2.24, 2.45) is 5.73 Å². The van der Waals surface area contributed by atoms with Gasteiger partial charge < -0.3 is 5.73 Å². The van der Waals surface area contributed by atoms with Crippen LogP contribution in [0.15, 0.2) is 18.2 Å². The number of nitrogens with two attached hydrogens (primary N) is 1. The Morgan fingerprint density at radius 3 is 2.69 bits per heavy atom. The molecular formula is C11H12FN3S. The lowest BCUT2D eigenvalue weighted by Crippen LogP contribution is -2.03. The molecule has 2 rings (SSSR count). The molecule has 1 unspecified atom stereocenters. The molecule has 1 atom stereocenters. The van der Waals surface area contributed by atoms with Gasteiger partial charge in [0.15, 0.2) is 5.01 Å². The van der Waals surface area contributed by atoms with Crippen LogP contribution in [0.5, 0.6) is 0 Å². The van der Waals surface area contributed by atoms with Crippen molar-refractivity contribution in [2.75, 3.05) is 0 Å². The van der Waals surface area contributed by atoms with Crippen LogP contribution in [-0.4, -0.2) is 10.2 Å². The van der Waals surface area contributed by atoms with Crippen LogP contribution in [-0.2, 0) is 0 Å². The summed E-state index contributed by atoms with van der Waals surface area (Å²) in [6, 6.07) is 4.89. The highest BCUT2D eigenvalue weighted by Gasteiger charge is 2.12. The number of hydrogen-bond acceptors (Lipinski definition) is 4. The maximum Gasteiger partial charge on any atom is 0.150 e. The zero-order valence-electron chi connectivity index (χ0n) is 9.07. The second-order valence-electron chi connectivity index (χ2n) is 3.72. The molecule has 2 aromatic rings. The quantitative estimate of drug-likeness (QED) is 0.873. The van der Waals surface area contributed by atoms with Crippen LogP contribution in [0.25, 0.3) is 10.6 Å². The van der Waals surface area contributed by atoms with E-state index < -0.39 is 0 Å². The van der Waals surface area contributed by atoms with Crippen molar-refractivity contribution >= 4 is 11.3 Å². The molecule has 84 valence electrons. The third-order valence-corrected chi connectivity index (χ3v) is 3.34. The van der Waals surface area contributed by atoms with Gasteiger partial charge in [-0.1, -0.05) is 17.4 Å². The van der Waals surface area contributed by atoms with E-state index >= 15 is 0 Å². The second kappa shape index (κ2) is 4.27. The van der Waals surface area contributed by atoms with Gasteiger partial charge in [0, 0.05) is 5.56 Å². The fourth-order valence-corrected chi connectivity index (χ4v) is 2.14. The standard InChI is InChI=1S/C11H12FN3S/c1-6-3-4-8(9(12)5-6)11-15-14-10(16-11)7(2)13/h3-5,7H,13H2,1-2H3. The number of rotatable bonds is 2. The minimum atomic E-state index is -0.271. The summed E-state index contributed by atoms with van der Waals surface area (Å²) in [6.07, 6.45) is 0. The monoisotopic (exact) mass is 237 g/mol. The molecule has 2 N–H and O–H groups in total. The molecule has 0 saturated heterocycles. The van der Waals surface area contributed by atoms with Gasteiger partial charge in [0.05, 0.1) is 6.04 Å². The van der Waals surface area contributed by atoms with Crippen molar-refractivity contribution in [3.05, 3.63) is 34.6 Å². The molecule has 0 radical (unpaired) electrons. The zero-order chi connectivity index (χ0) is 11.7. The molecule has 0 aliphatic carbocycles. The second-order valence-corrected chi connectivity index (χ2v) is 4.73. The molecule has 0 amide bonds. The Morgan fingerprint density at radius 1 is 1.38 bits per heavy atom. The largest absolute Gasteiger partial charge is 0.322 e. The van der Waals surface area contributed by atoms with E-state index in [0.717, 1.165) is 10.6 Å². The van der Waals surface area contributed by atoms with Crippen molar-refractivity contribution in [1.29, 1.82) is 0 Å². The van der Waals surface area contributed by atoms with Crippen molar-refractivity contribution in [3.8, 4) is 10.6 Å². The van der Waals surface area contributed by atoms with Crippen LogP contribution in [0, 0.1) is 12.7 Å². The number of benzene rings is 1. The third kappa shape index (κ3) is 2.10. The van der Waals surface area contributed by atoms with E-state index in [9.17, 15) is 4.39 Å². The fourth-order valence-electron chi connectivity index (χ4n) is 1.32. The van der Waals surface area contributed by atoms with Gasteiger partial charge in [0.1, 0.15) is 10.8 Å². The number of aryl methyl sites for hydroxylation is 1. The van der Waals surface area contributed by atoms with Gasteiger partial charge in [0.25, 0.3) is 0 Å². The van der Waals surface area contributed by atoms with Crippen LogP contribution < -0.4 is 5.73 Å². The smallest absolute Gasteiger partial charge is 0.150 e. The van der Waals surface area contributed by atoms with Crippen LogP contribution in [0.4, 0.5) is 4.39 Å². The van der Waals surface area contributed by atoms with Gasteiger partial charge in [-0.3, -0.25) is 0 Å². The highest BCUT2D eigenvalue weighted by atomic mass is 32.1. The molecule has 0 aliphatic heterocycles. The average Bonchev–Trinajstić information content (AvgIpc) is 2.66. The summed E-state index contributed by atoms with van der Waals surface area (Å²) < 4.78 is 13.7. The van der Waals surface area contributed by atoms with Gasteiger partial charge >= 0.3 is 0 Å². The zero-order valence-corrected chi connectivity index (χ0v) is 9.88. The number of hydrogen-bond donors (Lipinski definition) is 1. The molecule has 5 heteroatoms. The van der Waals surface area contributed by atoms with Crippen molar-refractivity contribution < 1.29 is 4.39 Å². The Labute approximate surface area is 97.1 Å². The van der Waals surface area contributed by atoms with Crippen LogP contribution >= 0.6 is 11.3 Å². The number of aromatic nitrogens is 2. The Bertz CT molecular complexity index is 508. The van der Waals surface area contributed by atoms with Crippen LogP contribution in [0.1, 0.15) is 23.5 Å². The first kappa shape index (κ1) is 11.2. The van der Waals surface area contributed by atoms with Crippen molar-refractivity contribution in [1.82, 2.24) is 10.2 Å². The molecule has 1 aromatic heterocycles.